The Bertz CT molecular complexity index is 450. The van der Waals surface area contributed by atoms with Crippen LogP contribution in [0.5, 0.6) is 5.75 Å². The summed E-state index contributed by atoms with van der Waals surface area (Å²) in [6.45, 7) is 5.19. The summed E-state index contributed by atoms with van der Waals surface area (Å²) in [4.78, 5) is 22.0. The molecule has 0 radical (unpaired) electrons. The Labute approximate surface area is 105 Å². The zero-order valence-electron chi connectivity index (χ0n) is 10.4. The van der Waals surface area contributed by atoms with Crippen LogP contribution in [0.2, 0.25) is 0 Å². The number of carboxylic acid groups (broad SMARTS) is 1. The Morgan fingerprint density at radius 1 is 1.22 bits per heavy atom. The number of ether oxygens (including phenoxy) is 2. The summed E-state index contributed by atoms with van der Waals surface area (Å²) >= 11 is 0. The van der Waals surface area contributed by atoms with Crippen LogP contribution in [0.15, 0.2) is 24.3 Å². The van der Waals surface area contributed by atoms with E-state index in [-0.39, 0.29) is 11.4 Å². The Hall–Kier alpha value is -2.24. The number of amides is 1. The molecule has 6 heteroatoms. The first-order chi connectivity index (χ1) is 8.28. The largest absolute Gasteiger partial charge is 0.511 e. The second kappa shape index (κ2) is 5.39. The number of nitrogens with one attached hydrogen (secondary N) is 1. The van der Waals surface area contributed by atoms with Gasteiger partial charge in [0, 0.05) is 0 Å². The lowest BCUT2D eigenvalue weighted by Crippen LogP contribution is -2.27. The summed E-state index contributed by atoms with van der Waals surface area (Å²) in [5, 5.41) is 11.0. The van der Waals surface area contributed by atoms with Crippen molar-refractivity contribution in [2.75, 3.05) is 5.32 Å². The van der Waals surface area contributed by atoms with Crippen LogP contribution in [-0.2, 0) is 4.74 Å². The van der Waals surface area contributed by atoms with Gasteiger partial charge >= 0.3 is 12.2 Å². The van der Waals surface area contributed by atoms with Crippen molar-refractivity contribution in [3.63, 3.8) is 0 Å². The first-order valence-corrected chi connectivity index (χ1v) is 5.28. The molecule has 98 valence electrons. The van der Waals surface area contributed by atoms with Crippen molar-refractivity contribution >= 4 is 17.9 Å². The van der Waals surface area contributed by atoms with Crippen LogP contribution in [0.25, 0.3) is 0 Å². The summed E-state index contributed by atoms with van der Waals surface area (Å²) in [6, 6.07) is 6.18. The third-order valence-corrected chi connectivity index (χ3v) is 1.72. The van der Waals surface area contributed by atoms with Crippen molar-refractivity contribution in [1.29, 1.82) is 0 Å². The number of hydrogen-bond acceptors (Lipinski definition) is 4. The predicted octanol–water partition coefficient (Wildman–Crippen LogP) is 3.09. The molecule has 0 aliphatic heterocycles. The second-order valence-electron chi connectivity index (χ2n) is 4.49. The van der Waals surface area contributed by atoms with Crippen molar-refractivity contribution in [2.45, 2.75) is 26.4 Å². The van der Waals surface area contributed by atoms with Gasteiger partial charge in [-0.3, -0.25) is 5.32 Å². The van der Waals surface area contributed by atoms with E-state index in [2.05, 4.69) is 10.1 Å². The van der Waals surface area contributed by atoms with E-state index in [1.165, 1.54) is 12.1 Å². The third-order valence-electron chi connectivity index (χ3n) is 1.72. The number of benzene rings is 1. The van der Waals surface area contributed by atoms with Gasteiger partial charge in [0.2, 0.25) is 0 Å². The molecular formula is C12H15NO5. The quantitative estimate of drug-likeness (QED) is 0.625. The van der Waals surface area contributed by atoms with Crippen molar-refractivity contribution in [3.8, 4) is 5.75 Å². The molecule has 1 aromatic carbocycles. The fourth-order valence-corrected chi connectivity index (χ4v) is 1.17. The molecule has 1 rings (SSSR count). The van der Waals surface area contributed by atoms with E-state index in [0.717, 1.165) is 0 Å². The Kier molecular flexibility index (Phi) is 4.14. The number of rotatable bonds is 2. The molecule has 1 amide bonds. The molecule has 18 heavy (non-hydrogen) atoms. The Balaban J connectivity index is 2.78. The lowest BCUT2D eigenvalue weighted by molar-refractivity contribution is 0.0634. The minimum Gasteiger partial charge on any atom is -0.449 e. The fourth-order valence-electron chi connectivity index (χ4n) is 1.17. The normalized spacial score (nSPS) is 10.6. The highest BCUT2D eigenvalue weighted by molar-refractivity contribution is 5.87. The van der Waals surface area contributed by atoms with E-state index in [4.69, 9.17) is 9.84 Å². The van der Waals surface area contributed by atoms with Gasteiger partial charge in [0.15, 0.2) is 5.75 Å². The topological polar surface area (TPSA) is 84.9 Å². The molecule has 0 aliphatic carbocycles. The minimum atomic E-state index is -1.45. The highest BCUT2D eigenvalue weighted by Crippen LogP contribution is 2.24. The predicted molar refractivity (Wildman–Crippen MR) is 65.0 cm³/mol. The van der Waals surface area contributed by atoms with E-state index in [1.54, 1.807) is 32.9 Å². The molecule has 0 bridgehead atoms. The maximum Gasteiger partial charge on any atom is 0.511 e. The maximum absolute atomic E-state index is 11.5. The van der Waals surface area contributed by atoms with Gasteiger partial charge in [0.05, 0.1) is 5.69 Å². The second-order valence-corrected chi connectivity index (χ2v) is 4.49. The van der Waals surface area contributed by atoms with Crippen molar-refractivity contribution in [1.82, 2.24) is 0 Å². The molecule has 0 heterocycles. The fraction of sp³-hybridized carbons (Fsp3) is 0.333. The van der Waals surface area contributed by atoms with Crippen LogP contribution < -0.4 is 10.1 Å². The van der Waals surface area contributed by atoms with Crippen molar-refractivity contribution in [2.24, 2.45) is 0 Å². The first kappa shape index (κ1) is 13.8. The first-order valence-electron chi connectivity index (χ1n) is 5.28. The molecule has 1 aromatic rings. The maximum atomic E-state index is 11.5. The van der Waals surface area contributed by atoms with Crippen LogP contribution in [0.4, 0.5) is 15.3 Å². The number of carbonyl (C=O) groups is 2. The molecule has 0 saturated carbocycles. The van der Waals surface area contributed by atoms with Gasteiger partial charge in [0.1, 0.15) is 5.60 Å². The van der Waals surface area contributed by atoms with Crippen LogP contribution in [0.3, 0.4) is 0 Å². The number of carbonyl (C=O) groups excluding carboxylic acids is 1. The highest BCUT2D eigenvalue weighted by atomic mass is 16.7. The average Bonchev–Trinajstić information content (AvgIpc) is 2.17. The van der Waals surface area contributed by atoms with E-state index in [0.29, 0.717) is 0 Å². The average molecular weight is 253 g/mol. The summed E-state index contributed by atoms with van der Waals surface area (Å²) in [5.74, 6) is 0.0378. The van der Waals surface area contributed by atoms with Gasteiger partial charge in [-0.25, -0.2) is 9.59 Å². The number of anilines is 1. The minimum absolute atomic E-state index is 0.0378. The lowest BCUT2D eigenvalue weighted by atomic mass is 10.2. The molecule has 2 N–H and O–H groups in total. The van der Waals surface area contributed by atoms with Crippen LogP contribution in [-0.4, -0.2) is 23.0 Å². The number of hydrogen-bond donors (Lipinski definition) is 2. The molecule has 0 fully saturated rings. The third kappa shape index (κ3) is 4.73. The molecule has 0 spiro atoms. The van der Waals surface area contributed by atoms with E-state index in [9.17, 15) is 9.59 Å². The summed E-state index contributed by atoms with van der Waals surface area (Å²) in [7, 11) is 0. The Morgan fingerprint density at radius 2 is 1.83 bits per heavy atom. The van der Waals surface area contributed by atoms with Crippen molar-refractivity contribution < 1.29 is 24.2 Å². The summed E-state index contributed by atoms with van der Waals surface area (Å²) in [6.07, 6.45) is -2.13. The van der Waals surface area contributed by atoms with Crippen LogP contribution in [0.1, 0.15) is 20.8 Å². The molecule has 6 nitrogen and oxygen atoms in total. The van der Waals surface area contributed by atoms with Crippen LogP contribution >= 0.6 is 0 Å². The lowest BCUT2D eigenvalue weighted by Gasteiger charge is -2.20. The zero-order chi connectivity index (χ0) is 13.8. The van der Waals surface area contributed by atoms with Gasteiger partial charge in [-0.15, -0.1) is 0 Å². The van der Waals surface area contributed by atoms with Gasteiger partial charge < -0.3 is 14.6 Å². The summed E-state index contributed by atoms with van der Waals surface area (Å²) < 4.78 is 9.57. The van der Waals surface area contributed by atoms with Crippen molar-refractivity contribution in [3.05, 3.63) is 24.3 Å². The monoisotopic (exact) mass is 253 g/mol. The molecule has 0 saturated heterocycles. The molecule has 0 unspecified atom stereocenters. The molecular weight excluding hydrogens is 238 g/mol. The van der Waals surface area contributed by atoms with Gasteiger partial charge in [-0.1, -0.05) is 12.1 Å². The van der Waals surface area contributed by atoms with E-state index >= 15 is 0 Å². The molecule has 0 aliphatic rings. The van der Waals surface area contributed by atoms with E-state index < -0.39 is 17.8 Å². The van der Waals surface area contributed by atoms with E-state index in [1.807, 2.05) is 0 Å². The highest BCUT2D eigenvalue weighted by Gasteiger charge is 2.17. The summed E-state index contributed by atoms with van der Waals surface area (Å²) in [5.41, 5.74) is -0.402. The van der Waals surface area contributed by atoms with Crippen LogP contribution in [0, 0.1) is 0 Å². The standard InChI is InChI=1S/C12H15NO5/c1-12(2,3)18-10(14)13-8-6-4-5-7-9(8)17-11(15)16/h4-7H,1-3H3,(H,13,14)(H,15,16). The smallest absolute Gasteiger partial charge is 0.449 e. The molecule has 0 atom stereocenters. The SMILES string of the molecule is CC(C)(C)OC(=O)Nc1ccccc1OC(=O)O. The molecule has 0 aromatic heterocycles. The number of para-hydroxylation sites is 2. The Morgan fingerprint density at radius 3 is 2.39 bits per heavy atom. The van der Waals surface area contributed by atoms with Gasteiger partial charge in [-0.2, -0.15) is 0 Å². The zero-order valence-corrected chi connectivity index (χ0v) is 10.4. The van der Waals surface area contributed by atoms with Gasteiger partial charge in [0.25, 0.3) is 0 Å². The van der Waals surface area contributed by atoms with Gasteiger partial charge in [-0.05, 0) is 32.9 Å².